The zero-order valence-electron chi connectivity index (χ0n) is 15.5. The number of carbonyl (C=O) groups excluding carboxylic acids is 1. The fraction of sp³-hybridized carbons (Fsp3) is 0.0455. The lowest BCUT2D eigenvalue weighted by atomic mass is 10.1. The van der Waals surface area contributed by atoms with E-state index < -0.39 is 17.9 Å². The summed E-state index contributed by atoms with van der Waals surface area (Å²) in [6.45, 7) is 0. The van der Waals surface area contributed by atoms with Crippen LogP contribution in [0.1, 0.15) is 17.5 Å². The Morgan fingerprint density at radius 1 is 0.933 bits per heavy atom. The third kappa shape index (κ3) is 4.31. The molecule has 30 heavy (non-hydrogen) atoms. The van der Waals surface area contributed by atoms with Crippen molar-refractivity contribution < 1.29 is 13.6 Å². The van der Waals surface area contributed by atoms with Gasteiger partial charge in [-0.05, 0) is 29.8 Å². The first-order chi connectivity index (χ1) is 14.6. The number of hydrogen-bond donors (Lipinski definition) is 2. The molecule has 0 aliphatic carbocycles. The van der Waals surface area contributed by atoms with E-state index in [2.05, 4.69) is 20.8 Å². The molecular formula is C22H16ClFN4O2. The van der Waals surface area contributed by atoms with Crippen molar-refractivity contribution in [1.82, 2.24) is 15.5 Å². The molecule has 3 aromatic carbocycles. The molecule has 0 bridgehead atoms. The minimum Gasteiger partial charge on any atom is -0.418 e. The third-order valence-electron chi connectivity index (χ3n) is 4.32. The molecule has 0 spiro atoms. The molecule has 0 unspecified atom stereocenters. The number of amides is 2. The second-order valence-corrected chi connectivity index (χ2v) is 6.75. The van der Waals surface area contributed by atoms with E-state index in [0.717, 1.165) is 5.56 Å². The number of para-hydroxylation sites is 1. The topological polar surface area (TPSA) is 80.0 Å². The van der Waals surface area contributed by atoms with Gasteiger partial charge in [0.1, 0.15) is 11.9 Å². The van der Waals surface area contributed by atoms with Crippen LogP contribution < -0.4 is 10.6 Å². The summed E-state index contributed by atoms with van der Waals surface area (Å²) >= 11 is 6.21. The fourth-order valence-corrected chi connectivity index (χ4v) is 3.10. The van der Waals surface area contributed by atoms with Gasteiger partial charge in [0.2, 0.25) is 11.8 Å². The Labute approximate surface area is 176 Å². The van der Waals surface area contributed by atoms with Crippen molar-refractivity contribution >= 4 is 23.3 Å². The smallest absolute Gasteiger partial charge is 0.320 e. The number of anilines is 1. The summed E-state index contributed by atoms with van der Waals surface area (Å²) < 4.78 is 19.7. The predicted octanol–water partition coefficient (Wildman–Crippen LogP) is 5.44. The van der Waals surface area contributed by atoms with Crippen molar-refractivity contribution in [3.8, 4) is 11.5 Å². The highest BCUT2D eigenvalue weighted by Crippen LogP contribution is 2.29. The van der Waals surface area contributed by atoms with Crippen LogP contribution >= 0.6 is 11.6 Å². The lowest BCUT2D eigenvalue weighted by molar-refractivity contribution is 0.248. The van der Waals surface area contributed by atoms with Crippen molar-refractivity contribution in [2.75, 3.05) is 5.32 Å². The van der Waals surface area contributed by atoms with E-state index in [1.807, 2.05) is 30.3 Å². The van der Waals surface area contributed by atoms with E-state index in [-0.39, 0.29) is 17.5 Å². The van der Waals surface area contributed by atoms with Crippen LogP contribution in [0.3, 0.4) is 0 Å². The van der Waals surface area contributed by atoms with Gasteiger partial charge in [-0.25, -0.2) is 9.18 Å². The minimum absolute atomic E-state index is 0.0593. The summed E-state index contributed by atoms with van der Waals surface area (Å²) in [4.78, 5) is 12.6. The Morgan fingerprint density at radius 2 is 1.63 bits per heavy atom. The zero-order chi connectivity index (χ0) is 20.9. The van der Waals surface area contributed by atoms with Crippen LogP contribution in [0.4, 0.5) is 14.9 Å². The number of hydrogen-bond acceptors (Lipinski definition) is 4. The van der Waals surface area contributed by atoms with Crippen molar-refractivity contribution in [2.45, 2.75) is 6.04 Å². The summed E-state index contributed by atoms with van der Waals surface area (Å²) in [5, 5.41) is 13.9. The second kappa shape index (κ2) is 8.75. The number of halogens is 2. The van der Waals surface area contributed by atoms with Crippen LogP contribution in [-0.2, 0) is 0 Å². The first-order valence-electron chi connectivity index (χ1n) is 9.07. The molecule has 8 heteroatoms. The molecule has 2 N–H and O–H groups in total. The van der Waals surface area contributed by atoms with Gasteiger partial charge < -0.3 is 15.1 Å². The Morgan fingerprint density at radius 3 is 2.40 bits per heavy atom. The summed E-state index contributed by atoms with van der Waals surface area (Å²) in [5.74, 6) is -0.143. The van der Waals surface area contributed by atoms with Gasteiger partial charge in [0.15, 0.2) is 0 Å². The van der Waals surface area contributed by atoms with Crippen LogP contribution in [0.25, 0.3) is 11.5 Å². The highest BCUT2D eigenvalue weighted by molar-refractivity contribution is 6.33. The molecule has 0 radical (unpaired) electrons. The Kier molecular flexibility index (Phi) is 5.72. The van der Waals surface area contributed by atoms with Gasteiger partial charge in [-0.2, -0.15) is 0 Å². The monoisotopic (exact) mass is 422 g/mol. The van der Waals surface area contributed by atoms with Gasteiger partial charge in [-0.3, -0.25) is 0 Å². The standard InChI is InChI=1S/C22H16ClFN4O2/c23-16-11-5-4-10-15(16)20-27-28-21(30-20)19(14-8-2-1-3-9-14)26-22(29)25-18-13-7-6-12-17(18)24/h1-13,19H,(H2,25,26,29)/t19-/m0/s1. The van der Waals surface area contributed by atoms with Gasteiger partial charge in [0.25, 0.3) is 0 Å². The molecule has 1 heterocycles. The maximum atomic E-state index is 13.9. The number of rotatable bonds is 5. The molecule has 150 valence electrons. The van der Waals surface area contributed by atoms with Crippen LogP contribution in [0.5, 0.6) is 0 Å². The molecule has 0 aliphatic rings. The van der Waals surface area contributed by atoms with E-state index in [1.165, 1.54) is 12.1 Å². The zero-order valence-corrected chi connectivity index (χ0v) is 16.3. The lowest BCUT2D eigenvalue weighted by Gasteiger charge is -2.16. The molecular weight excluding hydrogens is 407 g/mol. The SMILES string of the molecule is O=C(Nc1ccccc1F)N[C@@H](c1ccccc1)c1nnc(-c2ccccc2Cl)o1. The number of benzene rings is 3. The van der Waals surface area contributed by atoms with Crippen LogP contribution in [0.2, 0.25) is 5.02 Å². The molecule has 6 nitrogen and oxygen atoms in total. The molecule has 4 rings (SSSR count). The van der Waals surface area contributed by atoms with Gasteiger partial charge in [-0.1, -0.05) is 66.2 Å². The Bertz CT molecular complexity index is 1170. The van der Waals surface area contributed by atoms with Crippen molar-refractivity contribution in [2.24, 2.45) is 0 Å². The van der Waals surface area contributed by atoms with Gasteiger partial charge in [0.05, 0.1) is 16.3 Å². The molecule has 2 amide bonds. The molecule has 1 atom stereocenters. The summed E-state index contributed by atoms with van der Waals surface area (Å²) in [5.41, 5.74) is 1.36. The average molecular weight is 423 g/mol. The number of carbonyl (C=O) groups is 1. The molecule has 0 saturated heterocycles. The van der Waals surface area contributed by atoms with E-state index >= 15 is 0 Å². The van der Waals surface area contributed by atoms with Crippen LogP contribution in [0, 0.1) is 5.82 Å². The third-order valence-corrected chi connectivity index (χ3v) is 4.65. The summed E-state index contributed by atoms with van der Waals surface area (Å²) in [6, 6.07) is 20.7. The van der Waals surface area contributed by atoms with E-state index in [4.69, 9.17) is 16.0 Å². The predicted molar refractivity (Wildman–Crippen MR) is 112 cm³/mol. The molecule has 4 aromatic rings. The summed E-state index contributed by atoms with van der Waals surface area (Å²) in [7, 11) is 0. The normalized spacial score (nSPS) is 11.7. The molecule has 0 fully saturated rings. The highest BCUT2D eigenvalue weighted by Gasteiger charge is 2.24. The first kappa shape index (κ1) is 19.6. The average Bonchev–Trinajstić information content (AvgIpc) is 3.24. The maximum absolute atomic E-state index is 13.9. The Hall–Kier alpha value is -3.71. The highest BCUT2D eigenvalue weighted by atomic mass is 35.5. The molecule has 0 saturated carbocycles. The minimum atomic E-state index is -0.748. The van der Waals surface area contributed by atoms with Crippen molar-refractivity contribution in [3.05, 3.63) is 101 Å². The largest absolute Gasteiger partial charge is 0.418 e. The number of urea groups is 1. The Balaban J connectivity index is 1.62. The number of nitrogens with one attached hydrogen (secondary N) is 2. The number of nitrogens with zero attached hydrogens (tertiary/aromatic N) is 2. The molecule has 0 aliphatic heterocycles. The van der Waals surface area contributed by atoms with Crippen LogP contribution in [0.15, 0.2) is 83.3 Å². The van der Waals surface area contributed by atoms with Crippen molar-refractivity contribution in [1.29, 1.82) is 0 Å². The van der Waals surface area contributed by atoms with E-state index in [9.17, 15) is 9.18 Å². The van der Waals surface area contributed by atoms with Gasteiger partial charge in [0, 0.05) is 0 Å². The number of aromatic nitrogens is 2. The first-order valence-corrected chi connectivity index (χ1v) is 9.45. The molecule has 1 aromatic heterocycles. The fourth-order valence-electron chi connectivity index (χ4n) is 2.88. The quantitative estimate of drug-likeness (QED) is 0.448. The van der Waals surface area contributed by atoms with Crippen LogP contribution in [-0.4, -0.2) is 16.2 Å². The van der Waals surface area contributed by atoms with Gasteiger partial charge in [-0.15, -0.1) is 10.2 Å². The van der Waals surface area contributed by atoms with Gasteiger partial charge >= 0.3 is 6.03 Å². The van der Waals surface area contributed by atoms with Crippen molar-refractivity contribution in [3.63, 3.8) is 0 Å². The second-order valence-electron chi connectivity index (χ2n) is 6.35. The summed E-state index contributed by atoms with van der Waals surface area (Å²) in [6.07, 6.45) is 0. The van der Waals surface area contributed by atoms with E-state index in [0.29, 0.717) is 10.6 Å². The maximum Gasteiger partial charge on any atom is 0.320 e. The van der Waals surface area contributed by atoms with E-state index in [1.54, 1.807) is 36.4 Å². The lowest BCUT2D eigenvalue weighted by Crippen LogP contribution is -2.33.